The van der Waals surface area contributed by atoms with Crippen molar-refractivity contribution in [2.24, 2.45) is 0 Å². The van der Waals surface area contributed by atoms with Crippen LogP contribution in [0.4, 0.5) is 10.5 Å². The maximum atomic E-state index is 12.1. The summed E-state index contributed by atoms with van der Waals surface area (Å²) < 4.78 is 5.10. The van der Waals surface area contributed by atoms with Crippen molar-refractivity contribution in [3.05, 3.63) is 59.2 Å². The molecular formula is C19H23N3O3. The Kier molecular flexibility index (Phi) is 6.39. The van der Waals surface area contributed by atoms with Crippen LogP contribution in [0.2, 0.25) is 0 Å². The molecule has 0 heterocycles. The summed E-state index contributed by atoms with van der Waals surface area (Å²) in [5, 5.41) is 8.34. The van der Waals surface area contributed by atoms with Gasteiger partial charge in [0.1, 0.15) is 5.75 Å². The molecular weight excluding hydrogens is 318 g/mol. The molecule has 0 aliphatic rings. The maximum absolute atomic E-state index is 12.1. The van der Waals surface area contributed by atoms with Gasteiger partial charge in [-0.2, -0.15) is 0 Å². The monoisotopic (exact) mass is 341 g/mol. The normalized spacial score (nSPS) is 10.0. The highest BCUT2D eigenvalue weighted by Crippen LogP contribution is 2.17. The summed E-state index contributed by atoms with van der Waals surface area (Å²) in [6.07, 6.45) is 0. The summed E-state index contributed by atoms with van der Waals surface area (Å²) in [6, 6.07) is 12.4. The minimum Gasteiger partial charge on any atom is -0.497 e. The molecule has 0 unspecified atom stereocenters. The quantitative estimate of drug-likeness (QED) is 0.755. The molecule has 3 amide bonds. The zero-order valence-electron chi connectivity index (χ0n) is 14.7. The molecule has 0 aliphatic heterocycles. The molecule has 6 heteroatoms. The number of benzene rings is 2. The molecule has 2 aromatic carbocycles. The van der Waals surface area contributed by atoms with E-state index in [-0.39, 0.29) is 11.9 Å². The number of aryl methyl sites for hydroxylation is 1. The first-order chi connectivity index (χ1) is 12.0. The van der Waals surface area contributed by atoms with E-state index >= 15 is 0 Å². The fourth-order valence-corrected chi connectivity index (χ4v) is 2.30. The highest BCUT2D eigenvalue weighted by molar-refractivity contribution is 5.96. The first-order valence-corrected chi connectivity index (χ1v) is 8.10. The fourth-order valence-electron chi connectivity index (χ4n) is 2.30. The number of rotatable bonds is 6. The Morgan fingerprint density at radius 3 is 2.36 bits per heavy atom. The van der Waals surface area contributed by atoms with Crippen molar-refractivity contribution < 1.29 is 14.3 Å². The molecule has 3 N–H and O–H groups in total. The maximum Gasteiger partial charge on any atom is 0.319 e. The van der Waals surface area contributed by atoms with E-state index in [1.54, 1.807) is 25.3 Å². The topological polar surface area (TPSA) is 79.5 Å². The number of carbonyl (C=O) groups excluding carboxylic acids is 2. The third-order valence-corrected chi connectivity index (χ3v) is 3.69. The SMILES string of the molecule is CCNC(=O)c1ccc(NC(=O)NCc2ccc(OC)cc2)c(C)c1. The second kappa shape index (κ2) is 8.73. The number of methoxy groups -OCH3 is 1. The van der Waals surface area contributed by atoms with Crippen molar-refractivity contribution in [1.29, 1.82) is 0 Å². The lowest BCUT2D eigenvalue weighted by Gasteiger charge is -2.11. The Balaban J connectivity index is 1.92. The van der Waals surface area contributed by atoms with Crippen LogP contribution in [0.5, 0.6) is 5.75 Å². The first-order valence-electron chi connectivity index (χ1n) is 8.10. The lowest BCUT2D eigenvalue weighted by atomic mass is 10.1. The molecule has 6 nitrogen and oxygen atoms in total. The number of hydrogen-bond acceptors (Lipinski definition) is 3. The van der Waals surface area contributed by atoms with Crippen molar-refractivity contribution in [1.82, 2.24) is 10.6 Å². The lowest BCUT2D eigenvalue weighted by Crippen LogP contribution is -2.28. The molecule has 2 rings (SSSR count). The Bertz CT molecular complexity index is 742. The molecule has 25 heavy (non-hydrogen) atoms. The largest absolute Gasteiger partial charge is 0.497 e. The van der Waals surface area contributed by atoms with Crippen molar-refractivity contribution >= 4 is 17.6 Å². The minimum absolute atomic E-state index is 0.124. The molecule has 2 aromatic rings. The summed E-state index contributed by atoms with van der Waals surface area (Å²) in [5.74, 6) is 0.650. The summed E-state index contributed by atoms with van der Waals surface area (Å²) >= 11 is 0. The van der Waals surface area contributed by atoms with Crippen LogP contribution in [0.15, 0.2) is 42.5 Å². The van der Waals surface area contributed by atoms with E-state index in [2.05, 4.69) is 16.0 Å². The molecule has 0 bridgehead atoms. The van der Waals surface area contributed by atoms with Crippen LogP contribution in [-0.2, 0) is 6.54 Å². The zero-order chi connectivity index (χ0) is 18.2. The molecule has 0 fully saturated rings. The second-order valence-electron chi connectivity index (χ2n) is 5.54. The van der Waals surface area contributed by atoms with E-state index in [9.17, 15) is 9.59 Å². The molecule has 0 radical (unpaired) electrons. The highest BCUT2D eigenvalue weighted by Gasteiger charge is 2.09. The number of hydrogen-bond donors (Lipinski definition) is 3. The van der Waals surface area contributed by atoms with E-state index in [1.807, 2.05) is 38.1 Å². The molecule has 0 saturated heterocycles. The van der Waals surface area contributed by atoms with Gasteiger partial charge in [0.15, 0.2) is 0 Å². The number of anilines is 1. The molecule has 0 atom stereocenters. The van der Waals surface area contributed by atoms with Crippen molar-refractivity contribution in [3.63, 3.8) is 0 Å². The Morgan fingerprint density at radius 2 is 1.76 bits per heavy atom. The van der Waals surface area contributed by atoms with E-state index in [4.69, 9.17) is 4.74 Å². The van der Waals surface area contributed by atoms with Crippen molar-refractivity contribution in [2.45, 2.75) is 20.4 Å². The number of nitrogens with one attached hydrogen (secondary N) is 3. The standard InChI is InChI=1S/C19H23N3O3/c1-4-20-18(23)15-7-10-17(13(2)11-15)22-19(24)21-12-14-5-8-16(25-3)9-6-14/h5-11H,4,12H2,1-3H3,(H,20,23)(H2,21,22,24). The molecule has 0 spiro atoms. The number of ether oxygens (including phenoxy) is 1. The van der Waals surface area contributed by atoms with Gasteiger partial charge in [-0.1, -0.05) is 12.1 Å². The number of amides is 3. The predicted molar refractivity (Wildman–Crippen MR) is 98.0 cm³/mol. The van der Waals surface area contributed by atoms with E-state index in [1.165, 1.54) is 0 Å². The van der Waals surface area contributed by atoms with E-state index < -0.39 is 0 Å². The van der Waals surface area contributed by atoms with E-state index in [0.29, 0.717) is 24.3 Å². The van der Waals surface area contributed by atoms with Gasteiger partial charge in [0.25, 0.3) is 5.91 Å². The third-order valence-electron chi connectivity index (χ3n) is 3.69. The predicted octanol–water partition coefficient (Wildman–Crippen LogP) is 3.08. The lowest BCUT2D eigenvalue weighted by molar-refractivity contribution is 0.0955. The summed E-state index contributed by atoms with van der Waals surface area (Å²) in [7, 11) is 1.61. The van der Waals surface area contributed by atoms with Crippen molar-refractivity contribution in [2.75, 3.05) is 19.0 Å². The first kappa shape index (κ1) is 18.3. The van der Waals surface area contributed by atoms with Gasteiger partial charge < -0.3 is 20.7 Å². The Labute approximate surface area is 147 Å². The van der Waals surface area contributed by atoms with Crippen LogP contribution >= 0.6 is 0 Å². The van der Waals surface area contributed by atoms with Gasteiger partial charge >= 0.3 is 6.03 Å². The Hall–Kier alpha value is -3.02. The van der Waals surface area contributed by atoms with E-state index in [0.717, 1.165) is 16.9 Å². The summed E-state index contributed by atoms with van der Waals surface area (Å²) in [5.41, 5.74) is 3.03. The van der Waals surface area contributed by atoms with Crippen molar-refractivity contribution in [3.8, 4) is 5.75 Å². The van der Waals surface area contributed by atoms with Gasteiger partial charge in [0.05, 0.1) is 7.11 Å². The second-order valence-corrected chi connectivity index (χ2v) is 5.54. The third kappa shape index (κ3) is 5.24. The van der Waals surface area contributed by atoms with Gasteiger partial charge in [-0.25, -0.2) is 4.79 Å². The van der Waals surface area contributed by atoms with Gasteiger partial charge in [-0.05, 0) is 55.3 Å². The van der Waals surface area contributed by atoms with Gasteiger partial charge in [-0.15, -0.1) is 0 Å². The molecule has 0 aliphatic carbocycles. The highest BCUT2D eigenvalue weighted by atomic mass is 16.5. The minimum atomic E-state index is -0.301. The smallest absolute Gasteiger partial charge is 0.319 e. The summed E-state index contributed by atoms with van der Waals surface area (Å²) in [4.78, 5) is 23.9. The van der Waals surface area contributed by atoms with Crippen LogP contribution in [0.3, 0.4) is 0 Å². The zero-order valence-corrected chi connectivity index (χ0v) is 14.7. The van der Waals surface area contributed by atoms with Crippen LogP contribution in [0.25, 0.3) is 0 Å². The number of carbonyl (C=O) groups is 2. The van der Waals surface area contributed by atoms with Gasteiger partial charge in [-0.3, -0.25) is 4.79 Å². The number of urea groups is 1. The fraction of sp³-hybridized carbons (Fsp3) is 0.263. The van der Waals surface area contributed by atoms with Gasteiger partial charge in [0.2, 0.25) is 0 Å². The van der Waals surface area contributed by atoms with Crippen LogP contribution in [-0.4, -0.2) is 25.6 Å². The average Bonchev–Trinajstić information content (AvgIpc) is 2.62. The molecule has 0 saturated carbocycles. The van der Waals surface area contributed by atoms with Crippen LogP contribution < -0.4 is 20.7 Å². The summed E-state index contributed by atoms with van der Waals surface area (Å²) in [6.45, 7) is 4.70. The molecule has 132 valence electrons. The Morgan fingerprint density at radius 1 is 1.04 bits per heavy atom. The van der Waals surface area contributed by atoms with Crippen LogP contribution in [0.1, 0.15) is 28.4 Å². The average molecular weight is 341 g/mol. The van der Waals surface area contributed by atoms with Gasteiger partial charge in [0, 0.05) is 24.3 Å². The molecule has 0 aromatic heterocycles. The van der Waals surface area contributed by atoms with Crippen LogP contribution in [0, 0.1) is 6.92 Å².